The topological polar surface area (TPSA) is 71.3 Å². The zero-order chi connectivity index (χ0) is 14.6. The molecule has 0 saturated heterocycles. The van der Waals surface area contributed by atoms with E-state index in [-0.39, 0.29) is 17.5 Å². The molecule has 2 N–H and O–H groups in total. The Balaban J connectivity index is 2.89. The molecule has 19 heavy (non-hydrogen) atoms. The van der Waals surface area contributed by atoms with Crippen LogP contribution in [0.5, 0.6) is 0 Å². The summed E-state index contributed by atoms with van der Waals surface area (Å²) in [6.07, 6.45) is 2.38. The van der Waals surface area contributed by atoms with E-state index in [1.165, 1.54) is 6.07 Å². The number of hydrogen-bond donors (Lipinski definition) is 2. The van der Waals surface area contributed by atoms with Gasteiger partial charge >= 0.3 is 0 Å². The van der Waals surface area contributed by atoms with Gasteiger partial charge in [-0.15, -0.1) is 0 Å². The summed E-state index contributed by atoms with van der Waals surface area (Å²) in [6.45, 7) is 8.26. The fourth-order valence-electron chi connectivity index (χ4n) is 1.82. The molecule has 0 aliphatic carbocycles. The van der Waals surface area contributed by atoms with Crippen LogP contribution in [0.3, 0.4) is 0 Å². The van der Waals surface area contributed by atoms with Crippen LogP contribution >= 0.6 is 0 Å². The number of nitrogens with one attached hydrogen (secondary N) is 1. The summed E-state index contributed by atoms with van der Waals surface area (Å²) in [5.74, 6) is 0.455. The summed E-state index contributed by atoms with van der Waals surface area (Å²) in [6, 6.07) is 1.64. The first kappa shape index (κ1) is 16.2. The Hall–Kier alpha value is -0.850. The molecule has 5 nitrogen and oxygen atoms in total. The first-order valence-electron chi connectivity index (χ1n) is 6.59. The zero-order valence-electron chi connectivity index (χ0n) is 12.0. The minimum atomic E-state index is -3.48. The Morgan fingerprint density at radius 3 is 2.37 bits per heavy atom. The van der Waals surface area contributed by atoms with Gasteiger partial charge in [0.2, 0.25) is 10.0 Å². The molecule has 0 aliphatic heterocycles. The maximum absolute atomic E-state index is 12.1. The van der Waals surface area contributed by atoms with Gasteiger partial charge in [0.05, 0.1) is 11.5 Å². The SMILES string of the molecule is CC(C)CCNS(=O)(=O)c1cc(CO)n(C(C)C)c1. The molecule has 110 valence electrons. The molecule has 1 rings (SSSR count). The lowest BCUT2D eigenvalue weighted by molar-refractivity contribution is 0.268. The number of sulfonamides is 1. The molecule has 1 heterocycles. The number of nitrogens with zero attached hydrogens (tertiary/aromatic N) is 1. The van der Waals surface area contributed by atoms with Crippen molar-refractivity contribution in [1.29, 1.82) is 0 Å². The van der Waals surface area contributed by atoms with Gasteiger partial charge in [0, 0.05) is 24.5 Å². The third-order valence-electron chi connectivity index (χ3n) is 2.95. The highest BCUT2D eigenvalue weighted by molar-refractivity contribution is 7.89. The lowest BCUT2D eigenvalue weighted by Crippen LogP contribution is -2.25. The zero-order valence-corrected chi connectivity index (χ0v) is 12.9. The lowest BCUT2D eigenvalue weighted by atomic mass is 10.1. The highest BCUT2D eigenvalue weighted by Crippen LogP contribution is 2.19. The number of aliphatic hydroxyl groups excluding tert-OH is 1. The van der Waals surface area contributed by atoms with Crippen molar-refractivity contribution in [2.24, 2.45) is 5.92 Å². The molecule has 0 atom stereocenters. The van der Waals surface area contributed by atoms with E-state index < -0.39 is 10.0 Å². The summed E-state index contributed by atoms with van der Waals surface area (Å²) in [4.78, 5) is 0.217. The van der Waals surface area contributed by atoms with Gasteiger partial charge in [-0.1, -0.05) is 13.8 Å². The maximum Gasteiger partial charge on any atom is 0.242 e. The van der Waals surface area contributed by atoms with Crippen molar-refractivity contribution in [2.75, 3.05) is 6.54 Å². The predicted molar refractivity (Wildman–Crippen MR) is 75.4 cm³/mol. The molecule has 0 aliphatic rings. The summed E-state index contributed by atoms with van der Waals surface area (Å²) < 4.78 is 28.6. The molecule has 0 amide bonds. The van der Waals surface area contributed by atoms with Crippen LogP contribution in [-0.2, 0) is 16.6 Å². The fraction of sp³-hybridized carbons (Fsp3) is 0.692. The third-order valence-corrected chi connectivity index (χ3v) is 4.38. The van der Waals surface area contributed by atoms with Crippen molar-refractivity contribution in [2.45, 2.75) is 51.7 Å². The normalized spacial score (nSPS) is 12.6. The summed E-state index contributed by atoms with van der Waals surface area (Å²) >= 11 is 0. The van der Waals surface area contributed by atoms with Crippen LogP contribution in [-0.4, -0.2) is 24.6 Å². The fourth-order valence-corrected chi connectivity index (χ4v) is 2.91. The second kappa shape index (κ2) is 6.54. The van der Waals surface area contributed by atoms with Crippen molar-refractivity contribution in [3.63, 3.8) is 0 Å². The number of rotatable bonds is 7. The van der Waals surface area contributed by atoms with Gasteiger partial charge in [-0.05, 0) is 32.3 Å². The monoisotopic (exact) mass is 288 g/mol. The van der Waals surface area contributed by atoms with Crippen LogP contribution in [0.15, 0.2) is 17.2 Å². The first-order valence-corrected chi connectivity index (χ1v) is 8.07. The molecule has 0 unspecified atom stereocenters. The summed E-state index contributed by atoms with van der Waals surface area (Å²) in [5.41, 5.74) is 0.610. The van der Waals surface area contributed by atoms with Gasteiger partial charge in [0.15, 0.2) is 0 Å². The van der Waals surface area contributed by atoms with E-state index in [0.29, 0.717) is 18.2 Å². The molecule has 0 bridgehead atoms. The van der Waals surface area contributed by atoms with E-state index in [9.17, 15) is 13.5 Å². The molecule has 1 aromatic heterocycles. The predicted octanol–water partition coefficient (Wildman–Crippen LogP) is 1.89. The second-order valence-corrected chi connectivity index (χ2v) is 7.17. The van der Waals surface area contributed by atoms with Crippen molar-refractivity contribution < 1.29 is 13.5 Å². The number of hydrogen-bond acceptors (Lipinski definition) is 3. The van der Waals surface area contributed by atoms with Gasteiger partial charge in [-0.2, -0.15) is 0 Å². The van der Waals surface area contributed by atoms with Crippen LogP contribution in [0.1, 0.15) is 45.9 Å². The van der Waals surface area contributed by atoms with E-state index in [1.807, 2.05) is 27.7 Å². The number of aromatic nitrogens is 1. The number of aliphatic hydroxyl groups is 1. The molecule has 0 saturated carbocycles. The Bertz CT molecular complexity index is 504. The van der Waals surface area contributed by atoms with E-state index in [1.54, 1.807) is 10.8 Å². The van der Waals surface area contributed by atoms with E-state index in [4.69, 9.17) is 0 Å². The van der Waals surface area contributed by atoms with Crippen molar-refractivity contribution >= 4 is 10.0 Å². The van der Waals surface area contributed by atoms with Crippen LogP contribution in [0.25, 0.3) is 0 Å². The first-order chi connectivity index (χ1) is 8.77. The summed E-state index contributed by atoms with van der Waals surface area (Å²) in [5, 5.41) is 9.26. The minimum absolute atomic E-state index is 0.113. The van der Waals surface area contributed by atoms with E-state index >= 15 is 0 Å². The quantitative estimate of drug-likeness (QED) is 0.805. The smallest absolute Gasteiger partial charge is 0.242 e. The van der Waals surface area contributed by atoms with Crippen molar-refractivity contribution in [1.82, 2.24) is 9.29 Å². The molecule has 6 heteroatoms. The van der Waals surface area contributed by atoms with Crippen LogP contribution < -0.4 is 4.72 Å². The van der Waals surface area contributed by atoms with Gasteiger partial charge < -0.3 is 9.67 Å². The molecule has 0 radical (unpaired) electrons. The van der Waals surface area contributed by atoms with Gasteiger partial charge in [-0.3, -0.25) is 0 Å². The largest absolute Gasteiger partial charge is 0.390 e. The highest BCUT2D eigenvalue weighted by atomic mass is 32.2. The molecular formula is C13H24N2O3S. The molecule has 1 aromatic rings. The van der Waals surface area contributed by atoms with Crippen LogP contribution in [0.2, 0.25) is 0 Å². The van der Waals surface area contributed by atoms with Crippen LogP contribution in [0.4, 0.5) is 0 Å². The van der Waals surface area contributed by atoms with E-state index in [2.05, 4.69) is 4.72 Å². The van der Waals surface area contributed by atoms with Crippen molar-refractivity contribution in [3.05, 3.63) is 18.0 Å². The van der Waals surface area contributed by atoms with Gasteiger partial charge in [0.1, 0.15) is 0 Å². The Morgan fingerprint density at radius 2 is 1.95 bits per heavy atom. The third kappa shape index (κ3) is 4.33. The molecular weight excluding hydrogens is 264 g/mol. The molecule has 0 spiro atoms. The average molecular weight is 288 g/mol. The average Bonchev–Trinajstić information content (AvgIpc) is 2.72. The van der Waals surface area contributed by atoms with Gasteiger partial charge in [-0.25, -0.2) is 13.1 Å². The lowest BCUT2D eigenvalue weighted by Gasteiger charge is -2.10. The molecule has 0 aromatic carbocycles. The second-order valence-electron chi connectivity index (χ2n) is 5.41. The Morgan fingerprint density at radius 1 is 1.32 bits per heavy atom. The minimum Gasteiger partial charge on any atom is -0.390 e. The van der Waals surface area contributed by atoms with Gasteiger partial charge in [0.25, 0.3) is 0 Å². The standard InChI is InChI=1S/C13H24N2O3S/c1-10(2)5-6-14-19(17,18)13-7-12(9-16)15(8-13)11(3)4/h7-8,10-11,14,16H,5-6,9H2,1-4H3. The molecule has 0 fully saturated rings. The van der Waals surface area contributed by atoms with Crippen LogP contribution in [0, 0.1) is 5.92 Å². The van der Waals surface area contributed by atoms with E-state index in [0.717, 1.165) is 6.42 Å². The Kier molecular flexibility index (Phi) is 5.58. The van der Waals surface area contributed by atoms with Crippen molar-refractivity contribution in [3.8, 4) is 0 Å². The summed E-state index contributed by atoms with van der Waals surface area (Å²) in [7, 11) is -3.48. The Labute approximate surface area is 115 Å². The maximum atomic E-state index is 12.1. The highest BCUT2D eigenvalue weighted by Gasteiger charge is 2.18.